The van der Waals surface area contributed by atoms with Crippen LogP contribution < -0.4 is 15.0 Å². The maximum absolute atomic E-state index is 11.9. The molecule has 25 heavy (non-hydrogen) atoms. The van der Waals surface area contributed by atoms with Gasteiger partial charge in [0.25, 0.3) is 5.91 Å². The zero-order valence-electron chi connectivity index (χ0n) is 14.6. The van der Waals surface area contributed by atoms with Gasteiger partial charge in [0.2, 0.25) is 5.60 Å². The Kier molecular flexibility index (Phi) is 5.13. The standard InChI is InChI=1S/C18H24N2O5/c1-3-18(17(21)19-22)11-14(20-25-18)12-8-9-15(23-2)16(10-12)24-13-6-4-5-7-13/h8-10,13,22H,3-7,11H2,1-2H3,(H,19,21). The predicted molar refractivity (Wildman–Crippen MR) is 91.1 cm³/mol. The number of oxime groups is 1. The van der Waals surface area contributed by atoms with Crippen molar-refractivity contribution in [1.82, 2.24) is 5.48 Å². The Morgan fingerprint density at radius 3 is 2.80 bits per heavy atom. The summed E-state index contributed by atoms with van der Waals surface area (Å²) in [5.41, 5.74) is 1.95. The summed E-state index contributed by atoms with van der Waals surface area (Å²) < 4.78 is 11.5. The molecule has 1 aliphatic heterocycles. The lowest BCUT2D eigenvalue weighted by Crippen LogP contribution is -2.45. The largest absolute Gasteiger partial charge is 0.493 e. The molecule has 1 atom stereocenters. The number of amides is 1. The van der Waals surface area contributed by atoms with E-state index in [0.29, 0.717) is 23.6 Å². The van der Waals surface area contributed by atoms with Gasteiger partial charge in [-0.1, -0.05) is 12.1 Å². The van der Waals surface area contributed by atoms with Crippen LogP contribution >= 0.6 is 0 Å². The molecule has 0 bridgehead atoms. The SMILES string of the molecule is CCC1(C(=O)NO)CC(c2ccc(OC)c(OC3CCCC3)c2)=NO1. The summed E-state index contributed by atoms with van der Waals surface area (Å²) in [7, 11) is 1.61. The summed E-state index contributed by atoms with van der Waals surface area (Å²) in [6.45, 7) is 1.82. The number of hydroxylamine groups is 1. The molecule has 136 valence electrons. The highest BCUT2D eigenvalue weighted by molar-refractivity contribution is 6.05. The molecule has 7 nitrogen and oxygen atoms in total. The first-order valence-corrected chi connectivity index (χ1v) is 8.66. The Morgan fingerprint density at radius 1 is 1.40 bits per heavy atom. The van der Waals surface area contributed by atoms with Crippen LogP contribution in [-0.2, 0) is 9.63 Å². The van der Waals surface area contributed by atoms with E-state index in [2.05, 4.69) is 5.16 Å². The normalized spacial score (nSPS) is 23.1. The number of methoxy groups -OCH3 is 1. The molecule has 1 amide bonds. The van der Waals surface area contributed by atoms with Gasteiger partial charge in [-0.25, -0.2) is 5.48 Å². The molecule has 1 aromatic carbocycles. The van der Waals surface area contributed by atoms with Crippen molar-refractivity contribution in [2.45, 2.75) is 57.2 Å². The number of benzene rings is 1. The molecule has 0 aromatic heterocycles. The summed E-state index contributed by atoms with van der Waals surface area (Å²) in [6.07, 6.45) is 5.35. The zero-order chi connectivity index (χ0) is 17.9. The first kappa shape index (κ1) is 17.5. The summed E-state index contributed by atoms with van der Waals surface area (Å²) >= 11 is 0. The van der Waals surface area contributed by atoms with Crippen molar-refractivity contribution >= 4 is 11.6 Å². The molecule has 0 saturated heterocycles. The molecule has 2 aliphatic rings. The quantitative estimate of drug-likeness (QED) is 0.609. The van der Waals surface area contributed by atoms with Crippen LogP contribution in [0.25, 0.3) is 0 Å². The lowest BCUT2D eigenvalue weighted by Gasteiger charge is -2.21. The minimum atomic E-state index is -1.17. The Hall–Kier alpha value is -2.28. The van der Waals surface area contributed by atoms with Crippen LogP contribution in [0.15, 0.2) is 23.4 Å². The average molecular weight is 348 g/mol. The van der Waals surface area contributed by atoms with Gasteiger partial charge in [0.1, 0.15) is 0 Å². The van der Waals surface area contributed by atoms with Crippen molar-refractivity contribution in [2.24, 2.45) is 5.16 Å². The third kappa shape index (κ3) is 3.42. The Bertz CT molecular complexity index is 669. The van der Waals surface area contributed by atoms with E-state index in [-0.39, 0.29) is 12.5 Å². The molecule has 0 radical (unpaired) electrons. The van der Waals surface area contributed by atoms with Crippen molar-refractivity contribution < 1.29 is 24.3 Å². The first-order valence-electron chi connectivity index (χ1n) is 8.66. The second-order valence-corrected chi connectivity index (χ2v) is 6.48. The summed E-state index contributed by atoms with van der Waals surface area (Å²) in [5.74, 6) is 0.755. The molecule has 2 N–H and O–H groups in total. The highest BCUT2D eigenvalue weighted by Crippen LogP contribution is 2.35. The lowest BCUT2D eigenvalue weighted by molar-refractivity contribution is -0.153. The Balaban J connectivity index is 1.82. The van der Waals surface area contributed by atoms with Crippen molar-refractivity contribution in [3.8, 4) is 11.5 Å². The molecule has 1 fully saturated rings. The second-order valence-electron chi connectivity index (χ2n) is 6.48. The monoisotopic (exact) mass is 348 g/mol. The topological polar surface area (TPSA) is 89.4 Å². The number of rotatable bonds is 6. The third-order valence-corrected chi connectivity index (χ3v) is 4.96. The van der Waals surface area contributed by atoms with Gasteiger partial charge in [-0.3, -0.25) is 10.0 Å². The summed E-state index contributed by atoms with van der Waals surface area (Å²) in [4.78, 5) is 17.3. The fourth-order valence-corrected chi connectivity index (χ4v) is 3.34. The number of hydrogen-bond donors (Lipinski definition) is 2. The molecular weight excluding hydrogens is 324 g/mol. The Labute approximate surface area is 146 Å². The van der Waals surface area contributed by atoms with E-state index in [0.717, 1.165) is 18.4 Å². The van der Waals surface area contributed by atoms with E-state index in [9.17, 15) is 4.79 Å². The van der Waals surface area contributed by atoms with Crippen molar-refractivity contribution in [3.63, 3.8) is 0 Å². The van der Waals surface area contributed by atoms with Crippen LogP contribution in [0.3, 0.4) is 0 Å². The van der Waals surface area contributed by atoms with Crippen LogP contribution in [0.5, 0.6) is 11.5 Å². The maximum atomic E-state index is 11.9. The van der Waals surface area contributed by atoms with Crippen LogP contribution in [0, 0.1) is 0 Å². The fourth-order valence-electron chi connectivity index (χ4n) is 3.34. The van der Waals surface area contributed by atoms with Crippen LogP contribution in [0.4, 0.5) is 0 Å². The van der Waals surface area contributed by atoms with Gasteiger partial charge in [-0.2, -0.15) is 0 Å². The first-order chi connectivity index (χ1) is 12.1. The number of carbonyl (C=O) groups is 1. The number of nitrogens with zero attached hydrogens (tertiary/aromatic N) is 1. The van der Waals surface area contributed by atoms with E-state index in [4.69, 9.17) is 19.5 Å². The number of carbonyl (C=O) groups excluding carboxylic acids is 1. The molecule has 3 rings (SSSR count). The van der Waals surface area contributed by atoms with E-state index >= 15 is 0 Å². The average Bonchev–Trinajstić information content (AvgIpc) is 3.31. The van der Waals surface area contributed by atoms with Gasteiger partial charge in [0.15, 0.2) is 11.5 Å². The molecule has 1 heterocycles. The van der Waals surface area contributed by atoms with Crippen LogP contribution in [0.2, 0.25) is 0 Å². The lowest BCUT2D eigenvalue weighted by atomic mass is 9.91. The highest BCUT2D eigenvalue weighted by atomic mass is 16.7. The molecule has 1 unspecified atom stereocenters. The minimum Gasteiger partial charge on any atom is -0.493 e. The van der Waals surface area contributed by atoms with Gasteiger partial charge in [0.05, 0.1) is 18.9 Å². The van der Waals surface area contributed by atoms with Gasteiger partial charge in [-0.05, 0) is 50.3 Å². The van der Waals surface area contributed by atoms with E-state index < -0.39 is 11.5 Å². The van der Waals surface area contributed by atoms with E-state index in [1.807, 2.05) is 25.1 Å². The summed E-state index contributed by atoms with van der Waals surface area (Å²) in [6, 6.07) is 5.58. The molecule has 0 spiro atoms. The highest BCUT2D eigenvalue weighted by Gasteiger charge is 2.45. The smallest absolute Gasteiger partial charge is 0.290 e. The number of nitrogens with one attached hydrogen (secondary N) is 1. The minimum absolute atomic E-state index is 0.209. The predicted octanol–water partition coefficient (Wildman–Crippen LogP) is 2.80. The van der Waals surface area contributed by atoms with Crippen molar-refractivity contribution in [2.75, 3.05) is 7.11 Å². The zero-order valence-corrected chi connectivity index (χ0v) is 14.6. The molecule has 7 heteroatoms. The maximum Gasteiger partial charge on any atom is 0.290 e. The van der Waals surface area contributed by atoms with E-state index in [1.165, 1.54) is 12.8 Å². The van der Waals surface area contributed by atoms with Gasteiger partial charge in [0, 0.05) is 12.0 Å². The fraction of sp³-hybridized carbons (Fsp3) is 0.556. The van der Waals surface area contributed by atoms with E-state index in [1.54, 1.807) is 12.6 Å². The Morgan fingerprint density at radius 2 is 2.16 bits per heavy atom. The molecule has 1 saturated carbocycles. The van der Waals surface area contributed by atoms with Gasteiger partial charge in [-0.15, -0.1) is 0 Å². The third-order valence-electron chi connectivity index (χ3n) is 4.96. The van der Waals surface area contributed by atoms with Crippen LogP contribution in [0.1, 0.15) is 51.0 Å². The molecule has 1 aromatic rings. The van der Waals surface area contributed by atoms with Gasteiger partial charge >= 0.3 is 0 Å². The van der Waals surface area contributed by atoms with Gasteiger partial charge < -0.3 is 14.3 Å². The summed E-state index contributed by atoms with van der Waals surface area (Å²) in [5, 5.41) is 13.0. The number of ether oxygens (including phenoxy) is 2. The number of hydrogen-bond acceptors (Lipinski definition) is 6. The molecule has 1 aliphatic carbocycles. The van der Waals surface area contributed by atoms with Crippen LogP contribution in [-0.4, -0.2) is 35.6 Å². The van der Waals surface area contributed by atoms with Crippen molar-refractivity contribution in [3.05, 3.63) is 23.8 Å². The molecular formula is C18H24N2O5. The van der Waals surface area contributed by atoms with Crippen molar-refractivity contribution in [1.29, 1.82) is 0 Å². The second kappa shape index (κ2) is 7.31.